The van der Waals surface area contributed by atoms with Crippen LogP contribution in [0.25, 0.3) is 10.9 Å². The van der Waals surface area contributed by atoms with Gasteiger partial charge >= 0.3 is 0 Å². The third kappa shape index (κ3) is 2.43. The first-order chi connectivity index (χ1) is 12.4. The lowest BCUT2D eigenvalue weighted by Gasteiger charge is -2.49. The smallest absolute Gasteiger partial charge is 0.254 e. The molecule has 2 amide bonds. The molecule has 1 fully saturated rings. The lowest BCUT2D eigenvalue weighted by atomic mass is 9.83. The van der Waals surface area contributed by atoms with Crippen LogP contribution in [0.15, 0.2) is 24.3 Å². The number of rotatable bonds is 4. The Morgan fingerprint density at radius 3 is 2.77 bits per heavy atom. The fourth-order valence-corrected chi connectivity index (χ4v) is 4.44. The van der Waals surface area contributed by atoms with E-state index in [0.29, 0.717) is 13.1 Å². The molecular weight excluding hydrogens is 328 g/mol. The predicted molar refractivity (Wildman–Crippen MR) is 101 cm³/mol. The van der Waals surface area contributed by atoms with Gasteiger partial charge in [-0.05, 0) is 52.0 Å². The van der Waals surface area contributed by atoms with Crippen LogP contribution >= 0.6 is 0 Å². The quantitative estimate of drug-likeness (QED) is 0.907. The second-order valence-electron chi connectivity index (χ2n) is 7.78. The van der Waals surface area contributed by atoms with E-state index in [1.54, 1.807) is 9.80 Å². The first-order valence-corrected chi connectivity index (χ1v) is 9.27. The zero-order valence-corrected chi connectivity index (χ0v) is 15.7. The summed E-state index contributed by atoms with van der Waals surface area (Å²) in [6, 6.07) is 8.14. The number of hydrogen-bond donors (Lipinski definition) is 1. The second kappa shape index (κ2) is 6.13. The maximum absolute atomic E-state index is 13.4. The molecule has 26 heavy (non-hydrogen) atoms. The molecule has 1 aromatic carbocycles. The van der Waals surface area contributed by atoms with Gasteiger partial charge in [0.1, 0.15) is 0 Å². The summed E-state index contributed by atoms with van der Waals surface area (Å²) in [5, 5.41) is 1.16. The minimum absolute atomic E-state index is 0.0309. The van der Waals surface area contributed by atoms with Gasteiger partial charge in [0, 0.05) is 24.0 Å². The van der Waals surface area contributed by atoms with Gasteiger partial charge in [0.05, 0.1) is 12.2 Å². The summed E-state index contributed by atoms with van der Waals surface area (Å²) in [4.78, 5) is 35.3. The number of aromatic nitrogens is 1. The molecule has 0 radical (unpaired) electrons. The van der Waals surface area contributed by atoms with E-state index in [1.165, 1.54) is 5.56 Å². The molecule has 0 bridgehead atoms. The lowest BCUT2D eigenvalue weighted by Crippen LogP contribution is -2.67. The Labute approximate surface area is 153 Å². The Hall–Kier alpha value is -2.34. The number of nitrogens with zero attached hydrogens (tertiary/aromatic N) is 3. The highest BCUT2D eigenvalue weighted by Gasteiger charge is 2.53. The first-order valence-electron chi connectivity index (χ1n) is 9.27. The average molecular weight is 354 g/mol. The summed E-state index contributed by atoms with van der Waals surface area (Å²) >= 11 is 0. The third-order valence-electron chi connectivity index (χ3n) is 5.79. The van der Waals surface area contributed by atoms with Gasteiger partial charge in [-0.1, -0.05) is 18.2 Å². The third-order valence-corrected chi connectivity index (χ3v) is 5.79. The molecule has 1 atom stereocenters. The standard InChI is InChI=1S/C20H26N4O2/c1-20-18-15(14-7-4-5-8-16(14)21-18)9-12-24(20)17(25)13-23(19(20)26)11-6-10-22(2)3/h4-5,7-8,21H,6,9-13H2,1-3H3/t20-/m0/s1. The molecule has 0 spiro atoms. The molecule has 6 heteroatoms. The fourth-order valence-electron chi connectivity index (χ4n) is 4.44. The number of piperazine rings is 1. The van der Waals surface area contributed by atoms with Gasteiger partial charge in [-0.3, -0.25) is 9.59 Å². The normalized spacial score (nSPS) is 22.9. The summed E-state index contributed by atoms with van der Waals surface area (Å²) in [6.07, 6.45) is 1.65. The van der Waals surface area contributed by atoms with Crippen LogP contribution in [-0.2, 0) is 21.5 Å². The highest BCUT2D eigenvalue weighted by Crippen LogP contribution is 2.41. The van der Waals surface area contributed by atoms with Gasteiger partial charge in [0.15, 0.2) is 5.54 Å². The minimum atomic E-state index is -0.931. The molecule has 3 heterocycles. The van der Waals surface area contributed by atoms with Crippen molar-refractivity contribution in [1.29, 1.82) is 0 Å². The van der Waals surface area contributed by atoms with Crippen molar-refractivity contribution in [3.05, 3.63) is 35.5 Å². The van der Waals surface area contributed by atoms with E-state index in [2.05, 4.69) is 16.0 Å². The van der Waals surface area contributed by atoms with Crippen LogP contribution in [0.1, 0.15) is 24.6 Å². The summed E-state index contributed by atoms with van der Waals surface area (Å²) in [5.41, 5.74) is 2.17. The maximum Gasteiger partial charge on any atom is 0.254 e. The van der Waals surface area contributed by atoms with E-state index in [0.717, 1.165) is 36.0 Å². The van der Waals surface area contributed by atoms with Crippen LogP contribution in [0.4, 0.5) is 0 Å². The predicted octanol–water partition coefficient (Wildman–Crippen LogP) is 1.56. The summed E-state index contributed by atoms with van der Waals surface area (Å²) in [7, 11) is 4.04. The lowest BCUT2D eigenvalue weighted by molar-refractivity contribution is -0.166. The Morgan fingerprint density at radius 2 is 2.00 bits per heavy atom. The summed E-state index contributed by atoms with van der Waals surface area (Å²) in [5.74, 6) is 0.0737. The van der Waals surface area contributed by atoms with Crippen LogP contribution in [0.3, 0.4) is 0 Å². The molecule has 1 N–H and O–H groups in total. The molecule has 2 aromatic rings. The van der Waals surface area contributed by atoms with Crippen molar-refractivity contribution in [2.75, 3.05) is 40.3 Å². The maximum atomic E-state index is 13.4. The second-order valence-corrected chi connectivity index (χ2v) is 7.78. The number of nitrogens with one attached hydrogen (secondary N) is 1. The number of amides is 2. The van der Waals surface area contributed by atoms with Crippen molar-refractivity contribution >= 4 is 22.7 Å². The van der Waals surface area contributed by atoms with Gasteiger partial charge in [0.25, 0.3) is 5.91 Å². The number of H-pyrrole nitrogens is 1. The molecule has 1 saturated heterocycles. The largest absolute Gasteiger partial charge is 0.356 e. The Morgan fingerprint density at radius 1 is 1.23 bits per heavy atom. The number of carbonyl (C=O) groups excluding carboxylic acids is 2. The van der Waals surface area contributed by atoms with Crippen molar-refractivity contribution in [1.82, 2.24) is 19.7 Å². The van der Waals surface area contributed by atoms with Gasteiger partial charge in [0.2, 0.25) is 5.91 Å². The van der Waals surface area contributed by atoms with Gasteiger partial charge in [-0.15, -0.1) is 0 Å². The van der Waals surface area contributed by atoms with Crippen molar-refractivity contribution < 1.29 is 9.59 Å². The number of fused-ring (bicyclic) bond motifs is 5. The van der Waals surface area contributed by atoms with E-state index < -0.39 is 5.54 Å². The average Bonchev–Trinajstić information content (AvgIpc) is 2.99. The van der Waals surface area contributed by atoms with Gasteiger partial charge in [-0.2, -0.15) is 0 Å². The zero-order chi connectivity index (χ0) is 18.5. The molecule has 4 rings (SSSR count). The van der Waals surface area contributed by atoms with E-state index in [9.17, 15) is 9.59 Å². The van der Waals surface area contributed by atoms with E-state index in [1.807, 2.05) is 39.2 Å². The van der Waals surface area contributed by atoms with E-state index in [-0.39, 0.29) is 18.4 Å². The first kappa shape index (κ1) is 17.1. The molecule has 2 aliphatic rings. The molecular formula is C20H26N4O2. The van der Waals surface area contributed by atoms with Crippen molar-refractivity contribution in [2.24, 2.45) is 0 Å². The van der Waals surface area contributed by atoms with Crippen LogP contribution < -0.4 is 0 Å². The van der Waals surface area contributed by atoms with Gasteiger partial charge < -0.3 is 19.7 Å². The van der Waals surface area contributed by atoms with E-state index in [4.69, 9.17) is 0 Å². The van der Waals surface area contributed by atoms with E-state index >= 15 is 0 Å². The number of hydrogen-bond acceptors (Lipinski definition) is 3. The highest BCUT2D eigenvalue weighted by atomic mass is 16.2. The van der Waals surface area contributed by atoms with Crippen molar-refractivity contribution in [3.8, 4) is 0 Å². The SMILES string of the molecule is CN(C)CCCN1CC(=O)N2CCc3c([nH]c4ccccc34)[C@@]2(C)C1=O. The monoisotopic (exact) mass is 354 g/mol. The summed E-state index contributed by atoms with van der Waals surface area (Å²) in [6.45, 7) is 4.20. The van der Waals surface area contributed by atoms with Crippen molar-refractivity contribution in [3.63, 3.8) is 0 Å². The number of para-hydroxylation sites is 1. The Bertz CT molecular complexity index is 872. The van der Waals surface area contributed by atoms with Crippen molar-refractivity contribution in [2.45, 2.75) is 25.3 Å². The van der Waals surface area contributed by atoms with Crippen LogP contribution in [-0.4, -0.2) is 71.8 Å². The topological polar surface area (TPSA) is 59.6 Å². The molecule has 138 valence electrons. The Kier molecular flexibility index (Phi) is 4.03. The van der Waals surface area contributed by atoms with Crippen LogP contribution in [0.2, 0.25) is 0 Å². The molecule has 0 unspecified atom stereocenters. The number of benzene rings is 1. The van der Waals surface area contributed by atoms with Crippen LogP contribution in [0.5, 0.6) is 0 Å². The minimum Gasteiger partial charge on any atom is -0.356 e. The highest BCUT2D eigenvalue weighted by molar-refractivity contribution is 6.00. The molecule has 1 aromatic heterocycles. The summed E-state index contributed by atoms with van der Waals surface area (Å²) < 4.78 is 0. The fraction of sp³-hybridized carbons (Fsp3) is 0.500. The molecule has 6 nitrogen and oxygen atoms in total. The Balaban J connectivity index is 1.73. The van der Waals surface area contributed by atoms with Gasteiger partial charge in [-0.25, -0.2) is 0 Å². The number of aromatic amines is 1. The molecule has 2 aliphatic heterocycles. The zero-order valence-electron chi connectivity index (χ0n) is 15.7. The number of carbonyl (C=O) groups is 2. The molecule has 0 aliphatic carbocycles. The van der Waals surface area contributed by atoms with Crippen LogP contribution in [0, 0.1) is 0 Å². The molecule has 0 saturated carbocycles.